The minimum atomic E-state index is 0.827. The lowest BCUT2D eigenvalue weighted by atomic mass is 10.0. The summed E-state index contributed by atoms with van der Waals surface area (Å²) in [4.78, 5) is 0. The quantitative estimate of drug-likeness (QED) is 0.848. The van der Waals surface area contributed by atoms with E-state index in [2.05, 4.69) is 28.1 Å². The summed E-state index contributed by atoms with van der Waals surface area (Å²) < 4.78 is 11.7. The van der Waals surface area contributed by atoms with E-state index in [0.717, 1.165) is 28.0 Å². The van der Waals surface area contributed by atoms with Gasteiger partial charge >= 0.3 is 0 Å². The maximum absolute atomic E-state index is 5.38. The molecule has 0 spiro atoms. The summed E-state index contributed by atoms with van der Waals surface area (Å²) in [5, 5.41) is 0. The standard InChI is InChI=1S/C15H15BrO2/c1-17-14-7-8-15(18-2)12(10-14)9-11-3-5-13(16)6-4-11/h3-8,10H,9H2,1-2H3. The van der Waals surface area contributed by atoms with Gasteiger partial charge in [0.1, 0.15) is 11.5 Å². The van der Waals surface area contributed by atoms with Crippen LogP contribution in [0.1, 0.15) is 11.1 Å². The van der Waals surface area contributed by atoms with Crippen molar-refractivity contribution in [2.75, 3.05) is 14.2 Å². The molecule has 0 atom stereocenters. The van der Waals surface area contributed by atoms with Crippen LogP contribution in [0.3, 0.4) is 0 Å². The Balaban J connectivity index is 2.29. The molecule has 3 heteroatoms. The van der Waals surface area contributed by atoms with Crippen LogP contribution in [0.25, 0.3) is 0 Å². The van der Waals surface area contributed by atoms with E-state index in [-0.39, 0.29) is 0 Å². The molecule has 18 heavy (non-hydrogen) atoms. The zero-order valence-electron chi connectivity index (χ0n) is 10.4. The Morgan fingerprint density at radius 1 is 0.944 bits per heavy atom. The zero-order valence-corrected chi connectivity index (χ0v) is 12.0. The molecule has 94 valence electrons. The lowest BCUT2D eigenvalue weighted by Crippen LogP contribution is -1.95. The zero-order chi connectivity index (χ0) is 13.0. The summed E-state index contributed by atoms with van der Waals surface area (Å²) in [6.45, 7) is 0. The second-order valence-electron chi connectivity index (χ2n) is 3.98. The van der Waals surface area contributed by atoms with Crippen molar-refractivity contribution in [1.29, 1.82) is 0 Å². The molecule has 0 radical (unpaired) electrons. The minimum Gasteiger partial charge on any atom is -0.497 e. The Morgan fingerprint density at radius 2 is 1.67 bits per heavy atom. The number of hydrogen-bond donors (Lipinski definition) is 0. The maximum Gasteiger partial charge on any atom is 0.122 e. The van der Waals surface area contributed by atoms with Crippen molar-refractivity contribution in [1.82, 2.24) is 0 Å². The normalized spacial score (nSPS) is 10.2. The lowest BCUT2D eigenvalue weighted by Gasteiger charge is -2.10. The first-order chi connectivity index (χ1) is 8.72. The van der Waals surface area contributed by atoms with Gasteiger partial charge in [-0.05, 0) is 35.9 Å². The molecule has 0 aromatic heterocycles. The Bertz CT molecular complexity index is 521. The first-order valence-corrected chi connectivity index (χ1v) is 6.47. The van der Waals surface area contributed by atoms with E-state index in [1.807, 2.05) is 30.3 Å². The van der Waals surface area contributed by atoms with Gasteiger partial charge in [-0.2, -0.15) is 0 Å². The predicted octanol–water partition coefficient (Wildman–Crippen LogP) is 4.06. The molecule has 2 aromatic rings. The SMILES string of the molecule is COc1ccc(OC)c(Cc2ccc(Br)cc2)c1. The fourth-order valence-corrected chi connectivity index (χ4v) is 2.11. The van der Waals surface area contributed by atoms with Crippen LogP contribution in [0.2, 0.25) is 0 Å². The van der Waals surface area contributed by atoms with Crippen molar-refractivity contribution in [2.45, 2.75) is 6.42 Å². The van der Waals surface area contributed by atoms with Crippen molar-refractivity contribution in [3.63, 3.8) is 0 Å². The summed E-state index contributed by atoms with van der Waals surface area (Å²) in [5.74, 6) is 1.74. The van der Waals surface area contributed by atoms with E-state index in [1.165, 1.54) is 5.56 Å². The number of ether oxygens (including phenoxy) is 2. The highest BCUT2D eigenvalue weighted by Crippen LogP contribution is 2.26. The molecule has 0 saturated carbocycles. The summed E-state index contributed by atoms with van der Waals surface area (Å²) in [6, 6.07) is 14.1. The van der Waals surface area contributed by atoms with Gasteiger partial charge in [0.25, 0.3) is 0 Å². The molecular formula is C15H15BrO2. The number of halogens is 1. The first kappa shape index (κ1) is 13.0. The van der Waals surface area contributed by atoms with Crippen molar-refractivity contribution in [3.05, 3.63) is 58.1 Å². The highest BCUT2D eigenvalue weighted by molar-refractivity contribution is 9.10. The molecule has 0 aliphatic rings. The van der Waals surface area contributed by atoms with E-state index >= 15 is 0 Å². The molecule has 0 aliphatic heterocycles. The molecule has 2 nitrogen and oxygen atoms in total. The molecular weight excluding hydrogens is 292 g/mol. The minimum absolute atomic E-state index is 0.827. The van der Waals surface area contributed by atoms with Crippen LogP contribution in [-0.4, -0.2) is 14.2 Å². The first-order valence-electron chi connectivity index (χ1n) is 5.68. The summed E-state index contributed by atoms with van der Waals surface area (Å²) >= 11 is 3.44. The number of methoxy groups -OCH3 is 2. The topological polar surface area (TPSA) is 18.5 Å². The van der Waals surface area contributed by atoms with Gasteiger partial charge in [-0.15, -0.1) is 0 Å². The highest BCUT2D eigenvalue weighted by Gasteiger charge is 2.06. The van der Waals surface area contributed by atoms with Gasteiger partial charge < -0.3 is 9.47 Å². The van der Waals surface area contributed by atoms with Gasteiger partial charge in [0.2, 0.25) is 0 Å². The fourth-order valence-electron chi connectivity index (χ4n) is 1.84. The van der Waals surface area contributed by atoms with Gasteiger partial charge in [-0.3, -0.25) is 0 Å². The van der Waals surface area contributed by atoms with Gasteiger partial charge in [-0.1, -0.05) is 28.1 Å². The van der Waals surface area contributed by atoms with Crippen molar-refractivity contribution in [3.8, 4) is 11.5 Å². The molecule has 2 aromatic carbocycles. The second kappa shape index (κ2) is 5.91. The third-order valence-electron chi connectivity index (χ3n) is 2.80. The molecule has 0 heterocycles. The van der Waals surface area contributed by atoms with Crippen LogP contribution in [0.4, 0.5) is 0 Å². The van der Waals surface area contributed by atoms with Gasteiger partial charge in [0.05, 0.1) is 14.2 Å². The van der Waals surface area contributed by atoms with Crippen LogP contribution < -0.4 is 9.47 Å². The fraction of sp³-hybridized carbons (Fsp3) is 0.200. The van der Waals surface area contributed by atoms with Crippen LogP contribution >= 0.6 is 15.9 Å². The molecule has 0 bridgehead atoms. The van der Waals surface area contributed by atoms with E-state index in [0.29, 0.717) is 0 Å². The maximum atomic E-state index is 5.38. The number of hydrogen-bond acceptors (Lipinski definition) is 2. The summed E-state index contributed by atoms with van der Waals surface area (Å²) in [6.07, 6.45) is 0.827. The Labute approximate surface area is 116 Å². The van der Waals surface area contributed by atoms with Crippen LogP contribution in [0.5, 0.6) is 11.5 Å². The lowest BCUT2D eigenvalue weighted by molar-refractivity contribution is 0.399. The van der Waals surface area contributed by atoms with Crippen LogP contribution in [0.15, 0.2) is 46.9 Å². The summed E-state index contributed by atoms with van der Waals surface area (Å²) in [5.41, 5.74) is 2.36. The second-order valence-corrected chi connectivity index (χ2v) is 4.90. The Hall–Kier alpha value is -1.48. The number of rotatable bonds is 4. The van der Waals surface area contributed by atoms with Gasteiger partial charge in [-0.25, -0.2) is 0 Å². The van der Waals surface area contributed by atoms with E-state index < -0.39 is 0 Å². The predicted molar refractivity (Wildman–Crippen MR) is 76.5 cm³/mol. The molecule has 0 N–H and O–H groups in total. The Kier molecular flexibility index (Phi) is 4.26. The molecule has 2 rings (SSSR count). The molecule has 0 amide bonds. The molecule has 0 unspecified atom stereocenters. The Morgan fingerprint density at radius 3 is 2.28 bits per heavy atom. The van der Waals surface area contributed by atoms with Crippen molar-refractivity contribution >= 4 is 15.9 Å². The van der Waals surface area contributed by atoms with E-state index in [4.69, 9.17) is 9.47 Å². The molecule has 0 saturated heterocycles. The van der Waals surface area contributed by atoms with E-state index in [1.54, 1.807) is 14.2 Å². The van der Waals surface area contributed by atoms with Crippen molar-refractivity contribution in [2.24, 2.45) is 0 Å². The van der Waals surface area contributed by atoms with E-state index in [9.17, 15) is 0 Å². The smallest absolute Gasteiger partial charge is 0.122 e. The third-order valence-corrected chi connectivity index (χ3v) is 3.32. The molecule has 0 fully saturated rings. The van der Waals surface area contributed by atoms with Crippen molar-refractivity contribution < 1.29 is 9.47 Å². The third kappa shape index (κ3) is 3.05. The van der Waals surface area contributed by atoms with Crippen LogP contribution in [-0.2, 0) is 6.42 Å². The largest absolute Gasteiger partial charge is 0.497 e. The monoisotopic (exact) mass is 306 g/mol. The van der Waals surface area contributed by atoms with Gasteiger partial charge in [0, 0.05) is 16.5 Å². The highest BCUT2D eigenvalue weighted by atomic mass is 79.9. The van der Waals surface area contributed by atoms with Gasteiger partial charge in [0.15, 0.2) is 0 Å². The average molecular weight is 307 g/mol. The average Bonchev–Trinajstić information content (AvgIpc) is 2.41. The summed E-state index contributed by atoms with van der Waals surface area (Å²) in [7, 11) is 3.36. The molecule has 0 aliphatic carbocycles. The number of benzene rings is 2. The van der Waals surface area contributed by atoms with Crippen LogP contribution in [0, 0.1) is 0 Å².